The fourth-order valence-corrected chi connectivity index (χ4v) is 2.87. The van der Waals surface area contributed by atoms with E-state index in [1.807, 2.05) is 33.8 Å². The number of amides is 1. The number of benzene rings is 1. The van der Waals surface area contributed by atoms with E-state index in [4.69, 9.17) is 9.47 Å². The van der Waals surface area contributed by atoms with E-state index >= 15 is 0 Å². The van der Waals surface area contributed by atoms with Gasteiger partial charge in [-0.3, -0.25) is 4.79 Å². The van der Waals surface area contributed by atoms with Crippen LogP contribution in [0.4, 0.5) is 5.82 Å². The van der Waals surface area contributed by atoms with Crippen LogP contribution in [-0.2, 0) is 9.53 Å². The Balaban J connectivity index is 1.74. The van der Waals surface area contributed by atoms with Crippen molar-refractivity contribution < 1.29 is 19.1 Å². The summed E-state index contributed by atoms with van der Waals surface area (Å²) in [6.45, 7) is 7.12. The lowest BCUT2D eigenvalue weighted by Crippen LogP contribution is -2.22. The van der Waals surface area contributed by atoms with E-state index in [-0.39, 0.29) is 12.5 Å². The minimum atomic E-state index is -0.475. The lowest BCUT2D eigenvalue weighted by atomic mass is 10.1. The monoisotopic (exact) mass is 409 g/mol. The van der Waals surface area contributed by atoms with Crippen LogP contribution >= 0.6 is 0 Å². The van der Waals surface area contributed by atoms with Crippen LogP contribution in [0.2, 0.25) is 0 Å². The number of ether oxygens (including phenoxy) is 2. The summed E-state index contributed by atoms with van der Waals surface area (Å²) in [6.07, 6.45) is 0. The van der Waals surface area contributed by atoms with Gasteiger partial charge in [0.15, 0.2) is 6.61 Å². The number of aromatic nitrogens is 4. The molecular weight excluding hydrogens is 386 g/mol. The highest BCUT2D eigenvalue weighted by Crippen LogP contribution is 2.20. The number of esters is 1. The first-order valence-electron chi connectivity index (χ1n) is 9.27. The van der Waals surface area contributed by atoms with E-state index in [0.717, 1.165) is 17.0 Å². The smallest absolute Gasteiger partial charge is 0.337 e. The number of nitrogens with zero attached hydrogens (tertiary/aromatic N) is 4. The second-order valence-corrected chi connectivity index (χ2v) is 6.84. The SMILES string of the molecule is COC(=O)c1ccc(C)c(OCC(=O)Nc2cc(C)nn2-c2nc(C)cc(C)n2)c1. The van der Waals surface area contributed by atoms with Gasteiger partial charge in [-0.15, -0.1) is 0 Å². The van der Waals surface area contributed by atoms with Crippen molar-refractivity contribution in [3.8, 4) is 11.7 Å². The summed E-state index contributed by atoms with van der Waals surface area (Å²) in [5.41, 5.74) is 3.44. The van der Waals surface area contributed by atoms with Crippen LogP contribution in [0.5, 0.6) is 5.75 Å². The Labute approximate surface area is 174 Å². The summed E-state index contributed by atoms with van der Waals surface area (Å²) < 4.78 is 11.8. The van der Waals surface area contributed by atoms with Gasteiger partial charge in [0.25, 0.3) is 11.9 Å². The maximum Gasteiger partial charge on any atom is 0.337 e. The zero-order valence-corrected chi connectivity index (χ0v) is 17.5. The van der Waals surface area contributed by atoms with Crippen LogP contribution in [0, 0.1) is 27.7 Å². The average molecular weight is 409 g/mol. The molecule has 1 aromatic carbocycles. The van der Waals surface area contributed by atoms with Gasteiger partial charge in [-0.05, 0) is 51.5 Å². The van der Waals surface area contributed by atoms with Gasteiger partial charge in [0, 0.05) is 17.5 Å². The molecule has 156 valence electrons. The Morgan fingerprint density at radius 3 is 2.37 bits per heavy atom. The molecule has 0 saturated heterocycles. The molecule has 2 aromatic heterocycles. The molecule has 3 rings (SSSR count). The standard InChI is InChI=1S/C21H23N5O4/c1-12-6-7-16(20(28)29-5)10-17(12)30-11-19(27)24-18-9-15(4)25-26(18)21-22-13(2)8-14(3)23-21/h6-10H,11H2,1-5H3,(H,24,27). The van der Waals surface area contributed by atoms with Gasteiger partial charge in [0.1, 0.15) is 11.6 Å². The summed E-state index contributed by atoms with van der Waals surface area (Å²) in [6, 6.07) is 8.50. The van der Waals surface area contributed by atoms with Crippen LogP contribution in [0.25, 0.3) is 5.95 Å². The minimum absolute atomic E-state index is 0.247. The van der Waals surface area contributed by atoms with E-state index in [9.17, 15) is 9.59 Å². The highest BCUT2D eigenvalue weighted by atomic mass is 16.5. The van der Waals surface area contributed by atoms with Gasteiger partial charge in [0.05, 0.1) is 18.4 Å². The molecule has 9 nitrogen and oxygen atoms in total. The number of nitrogens with one attached hydrogen (secondary N) is 1. The average Bonchev–Trinajstić information content (AvgIpc) is 3.06. The highest BCUT2D eigenvalue weighted by molar-refractivity contribution is 5.92. The molecule has 0 aliphatic rings. The maximum absolute atomic E-state index is 12.5. The summed E-state index contributed by atoms with van der Waals surface area (Å²) in [5, 5.41) is 7.15. The third-order valence-corrected chi connectivity index (χ3v) is 4.23. The van der Waals surface area contributed by atoms with Crippen LogP contribution in [0.3, 0.4) is 0 Å². The topological polar surface area (TPSA) is 108 Å². The van der Waals surface area contributed by atoms with Gasteiger partial charge in [-0.2, -0.15) is 9.78 Å². The number of rotatable bonds is 6. The zero-order valence-electron chi connectivity index (χ0n) is 17.5. The first-order valence-corrected chi connectivity index (χ1v) is 9.27. The van der Waals surface area contributed by atoms with E-state index in [0.29, 0.717) is 28.8 Å². The third kappa shape index (κ3) is 4.80. The molecule has 9 heteroatoms. The predicted octanol–water partition coefficient (Wildman–Crippen LogP) is 2.70. The molecule has 0 fully saturated rings. The van der Waals surface area contributed by atoms with Crippen molar-refractivity contribution in [2.45, 2.75) is 27.7 Å². The summed E-state index contributed by atoms with van der Waals surface area (Å²) in [4.78, 5) is 33.0. The Morgan fingerprint density at radius 1 is 1.00 bits per heavy atom. The van der Waals surface area contributed by atoms with Crippen molar-refractivity contribution in [3.05, 3.63) is 58.5 Å². The van der Waals surface area contributed by atoms with Crippen LogP contribution in [0.15, 0.2) is 30.3 Å². The normalized spacial score (nSPS) is 10.6. The molecule has 0 aliphatic carbocycles. The van der Waals surface area contributed by atoms with Gasteiger partial charge in [-0.25, -0.2) is 14.8 Å². The Kier molecular flexibility index (Phi) is 6.10. The number of carbonyl (C=O) groups is 2. The van der Waals surface area contributed by atoms with Gasteiger partial charge >= 0.3 is 5.97 Å². The summed E-state index contributed by atoms with van der Waals surface area (Å²) in [7, 11) is 1.31. The van der Waals surface area contributed by atoms with Crippen molar-refractivity contribution in [2.24, 2.45) is 0 Å². The van der Waals surface area contributed by atoms with Crippen molar-refractivity contribution in [3.63, 3.8) is 0 Å². The molecule has 3 aromatic rings. The maximum atomic E-state index is 12.5. The number of methoxy groups -OCH3 is 1. The van der Waals surface area contributed by atoms with Crippen molar-refractivity contribution in [1.82, 2.24) is 19.7 Å². The van der Waals surface area contributed by atoms with Crippen molar-refractivity contribution in [2.75, 3.05) is 19.0 Å². The Morgan fingerprint density at radius 2 is 1.70 bits per heavy atom. The molecule has 1 amide bonds. The predicted molar refractivity (Wildman–Crippen MR) is 110 cm³/mol. The Hall–Kier alpha value is -3.75. The van der Waals surface area contributed by atoms with Crippen molar-refractivity contribution in [1.29, 1.82) is 0 Å². The van der Waals surface area contributed by atoms with E-state index in [1.165, 1.54) is 11.8 Å². The largest absolute Gasteiger partial charge is 0.483 e. The van der Waals surface area contributed by atoms with Crippen LogP contribution < -0.4 is 10.1 Å². The molecule has 0 aliphatic heterocycles. The van der Waals surface area contributed by atoms with Crippen LogP contribution in [-0.4, -0.2) is 45.3 Å². The molecule has 1 N–H and O–H groups in total. The van der Waals surface area contributed by atoms with Gasteiger partial charge < -0.3 is 14.8 Å². The number of hydrogen-bond acceptors (Lipinski definition) is 7. The van der Waals surface area contributed by atoms with Gasteiger partial charge in [0.2, 0.25) is 0 Å². The fraction of sp³-hybridized carbons (Fsp3) is 0.286. The van der Waals surface area contributed by atoms with Crippen LogP contribution in [0.1, 0.15) is 33.0 Å². The van der Waals surface area contributed by atoms with E-state index in [1.54, 1.807) is 24.3 Å². The number of hydrogen-bond donors (Lipinski definition) is 1. The second-order valence-electron chi connectivity index (χ2n) is 6.84. The van der Waals surface area contributed by atoms with E-state index < -0.39 is 5.97 Å². The molecule has 2 heterocycles. The molecule has 0 atom stereocenters. The quantitative estimate of drug-likeness (QED) is 0.624. The number of carbonyl (C=O) groups excluding carboxylic acids is 2. The number of aryl methyl sites for hydroxylation is 4. The van der Waals surface area contributed by atoms with E-state index in [2.05, 4.69) is 20.4 Å². The molecular formula is C21H23N5O4. The molecule has 0 bridgehead atoms. The first kappa shape index (κ1) is 21.0. The Bertz CT molecular complexity index is 1090. The molecule has 0 saturated carbocycles. The third-order valence-electron chi connectivity index (χ3n) is 4.23. The lowest BCUT2D eigenvalue weighted by molar-refractivity contribution is -0.118. The number of anilines is 1. The summed E-state index contributed by atoms with van der Waals surface area (Å²) in [5.74, 6) is 0.375. The summed E-state index contributed by atoms with van der Waals surface area (Å²) >= 11 is 0. The van der Waals surface area contributed by atoms with Crippen molar-refractivity contribution >= 4 is 17.7 Å². The zero-order chi connectivity index (χ0) is 21.8. The first-order chi connectivity index (χ1) is 14.3. The minimum Gasteiger partial charge on any atom is -0.483 e. The lowest BCUT2D eigenvalue weighted by Gasteiger charge is -2.11. The molecule has 30 heavy (non-hydrogen) atoms. The molecule has 0 unspecified atom stereocenters. The molecule has 0 radical (unpaired) electrons. The van der Waals surface area contributed by atoms with Gasteiger partial charge in [-0.1, -0.05) is 6.07 Å². The second kappa shape index (κ2) is 8.73. The molecule has 0 spiro atoms. The highest BCUT2D eigenvalue weighted by Gasteiger charge is 2.15. The fourth-order valence-electron chi connectivity index (χ4n) is 2.87.